The molecule has 218 valence electrons. The van der Waals surface area contributed by atoms with E-state index in [9.17, 15) is 36.3 Å². The molecular formula is C27H36F5N3O4. The average Bonchev–Trinajstić information content (AvgIpc) is 2.82. The van der Waals surface area contributed by atoms with Crippen LogP contribution in [0, 0.1) is 23.4 Å². The fourth-order valence-electron chi connectivity index (χ4n) is 4.28. The van der Waals surface area contributed by atoms with E-state index in [4.69, 9.17) is 10.5 Å². The third-order valence-corrected chi connectivity index (χ3v) is 6.27. The first-order valence-corrected chi connectivity index (χ1v) is 12.7. The number of halogens is 5. The molecule has 0 aliphatic heterocycles. The van der Waals surface area contributed by atoms with E-state index in [1.165, 1.54) is 0 Å². The van der Waals surface area contributed by atoms with Crippen LogP contribution in [0.15, 0.2) is 18.2 Å². The average molecular weight is 562 g/mol. The molecule has 1 atom stereocenters. The number of amides is 2. The van der Waals surface area contributed by atoms with Crippen LogP contribution in [-0.4, -0.2) is 53.3 Å². The maximum Gasteiger partial charge on any atom is 0.306 e. The number of benzene rings is 1. The number of nitrogens with one attached hydrogen (secondary N) is 1. The minimum atomic E-state index is -2.87. The standard InChI is InChI=1S/C27H36F5N3O4/c1-15(2)13-34-24(37)19(6-7-20(36)39-26(3,4)5)35(14-16-8-10-27(31,32)11-9-16)25(38)17-12-18(28)21(29)22(30)23(17)33/h12,16,19H,1,6-11,13-14,33H2,2-5H3,(H,34,37). The van der Waals surface area contributed by atoms with Crippen molar-refractivity contribution in [3.8, 4) is 0 Å². The normalized spacial score (nSPS) is 16.3. The van der Waals surface area contributed by atoms with Crippen LogP contribution in [0.1, 0.15) is 76.6 Å². The van der Waals surface area contributed by atoms with E-state index in [-0.39, 0.29) is 38.8 Å². The van der Waals surface area contributed by atoms with Gasteiger partial charge in [0.05, 0.1) is 11.3 Å². The summed E-state index contributed by atoms with van der Waals surface area (Å²) in [5, 5.41) is 2.59. The predicted molar refractivity (Wildman–Crippen MR) is 135 cm³/mol. The van der Waals surface area contributed by atoms with Crippen LogP contribution < -0.4 is 11.1 Å². The first-order valence-electron chi connectivity index (χ1n) is 12.7. The van der Waals surface area contributed by atoms with Crippen LogP contribution in [0.3, 0.4) is 0 Å². The summed E-state index contributed by atoms with van der Waals surface area (Å²) in [6, 6.07) is -0.947. The lowest BCUT2D eigenvalue weighted by atomic mass is 9.86. The second kappa shape index (κ2) is 12.8. The summed E-state index contributed by atoms with van der Waals surface area (Å²) in [5.74, 6) is -11.1. The van der Waals surface area contributed by atoms with E-state index >= 15 is 0 Å². The van der Waals surface area contributed by atoms with Gasteiger partial charge in [0.1, 0.15) is 11.6 Å². The molecule has 1 aromatic carbocycles. The Bertz CT molecular complexity index is 1090. The topological polar surface area (TPSA) is 102 Å². The van der Waals surface area contributed by atoms with Gasteiger partial charge in [-0.2, -0.15) is 0 Å². The van der Waals surface area contributed by atoms with Gasteiger partial charge in [0, 0.05) is 32.4 Å². The molecule has 2 rings (SSSR count). The molecule has 1 aliphatic carbocycles. The highest BCUT2D eigenvalue weighted by atomic mass is 19.3. The Morgan fingerprint density at radius 2 is 1.77 bits per heavy atom. The highest BCUT2D eigenvalue weighted by molar-refractivity contribution is 6.01. The van der Waals surface area contributed by atoms with Crippen LogP contribution >= 0.6 is 0 Å². The molecule has 1 unspecified atom stereocenters. The largest absolute Gasteiger partial charge is 0.460 e. The maximum absolute atomic E-state index is 14.3. The molecule has 0 bridgehead atoms. The van der Waals surface area contributed by atoms with Crippen molar-refractivity contribution in [1.82, 2.24) is 10.2 Å². The van der Waals surface area contributed by atoms with Crippen LogP contribution in [0.5, 0.6) is 0 Å². The Balaban J connectivity index is 2.49. The van der Waals surface area contributed by atoms with Crippen molar-refractivity contribution >= 4 is 23.5 Å². The molecule has 0 heterocycles. The highest BCUT2D eigenvalue weighted by Gasteiger charge is 2.39. The molecule has 12 heteroatoms. The summed E-state index contributed by atoms with van der Waals surface area (Å²) in [5.41, 5.74) is 3.67. The molecule has 0 radical (unpaired) electrons. The number of carbonyl (C=O) groups excluding carboxylic acids is 3. The summed E-state index contributed by atoms with van der Waals surface area (Å²) >= 11 is 0. The van der Waals surface area contributed by atoms with Gasteiger partial charge in [-0.3, -0.25) is 14.4 Å². The molecule has 1 aromatic rings. The summed E-state index contributed by atoms with van der Waals surface area (Å²) in [7, 11) is 0. The molecule has 0 aromatic heterocycles. The Morgan fingerprint density at radius 3 is 2.31 bits per heavy atom. The smallest absolute Gasteiger partial charge is 0.306 e. The van der Waals surface area contributed by atoms with E-state index in [1.807, 2.05) is 0 Å². The molecule has 3 N–H and O–H groups in total. The van der Waals surface area contributed by atoms with E-state index in [0.29, 0.717) is 11.6 Å². The molecular weight excluding hydrogens is 525 g/mol. The van der Waals surface area contributed by atoms with E-state index in [1.54, 1.807) is 27.7 Å². The Labute approximate surface area is 224 Å². The van der Waals surface area contributed by atoms with Crippen molar-refractivity contribution in [2.45, 2.75) is 83.8 Å². The van der Waals surface area contributed by atoms with Gasteiger partial charge in [-0.25, -0.2) is 22.0 Å². The SMILES string of the molecule is C=C(C)CNC(=O)C(CCC(=O)OC(C)(C)C)N(CC1CCC(F)(F)CC1)C(=O)c1cc(F)c(F)c(F)c1N. The second-order valence-electron chi connectivity index (χ2n) is 11.0. The minimum absolute atomic E-state index is 0.0184. The number of nitrogens with two attached hydrogens (primary N) is 1. The predicted octanol–water partition coefficient (Wildman–Crippen LogP) is 5.14. The number of esters is 1. The summed E-state index contributed by atoms with van der Waals surface area (Å²) in [6.45, 7) is 10.1. The van der Waals surface area contributed by atoms with Crippen molar-refractivity contribution in [3.05, 3.63) is 41.2 Å². The minimum Gasteiger partial charge on any atom is -0.460 e. The molecule has 1 fully saturated rings. The number of hydrogen-bond donors (Lipinski definition) is 2. The quantitative estimate of drug-likeness (QED) is 0.136. The Morgan fingerprint density at radius 1 is 1.18 bits per heavy atom. The Kier molecular flexibility index (Phi) is 10.5. The van der Waals surface area contributed by atoms with Crippen LogP contribution in [0.4, 0.5) is 27.6 Å². The van der Waals surface area contributed by atoms with Gasteiger partial charge in [0.25, 0.3) is 5.91 Å². The fraction of sp³-hybridized carbons (Fsp3) is 0.593. The molecule has 1 aliphatic rings. The second-order valence-corrected chi connectivity index (χ2v) is 11.0. The number of hydrogen-bond acceptors (Lipinski definition) is 5. The van der Waals surface area contributed by atoms with Crippen molar-refractivity contribution in [1.29, 1.82) is 0 Å². The molecule has 7 nitrogen and oxygen atoms in total. The van der Waals surface area contributed by atoms with E-state index < -0.39 is 82.8 Å². The lowest BCUT2D eigenvalue weighted by Gasteiger charge is -2.37. The van der Waals surface area contributed by atoms with Crippen molar-refractivity contribution in [3.63, 3.8) is 0 Å². The van der Waals surface area contributed by atoms with Gasteiger partial charge in [-0.15, -0.1) is 0 Å². The number of rotatable bonds is 10. The molecule has 0 spiro atoms. The maximum atomic E-state index is 14.3. The van der Waals surface area contributed by atoms with Gasteiger partial charge in [-0.1, -0.05) is 12.2 Å². The monoisotopic (exact) mass is 561 g/mol. The number of nitrogens with zero attached hydrogens (tertiary/aromatic N) is 1. The number of anilines is 1. The number of alkyl halides is 2. The number of ether oxygens (including phenoxy) is 1. The number of carbonyl (C=O) groups is 3. The summed E-state index contributed by atoms with van der Waals surface area (Å²) in [6.07, 6.45) is -1.40. The zero-order chi connectivity index (χ0) is 29.7. The molecule has 2 amide bonds. The van der Waals surface area contributed by atoms with Crippen LogP contribution in [0.2, 0.25) is 0 Å². The van der Waals surface area contributed by atoms with Gasteiger partial charge >= 0.3 is 5.97 Å². The third kappa shape index (κ3) is 9.21. The van der Waals surface area contributed by atoms with Crippen molar-refractivity contribution in [2.24, 2.45) is 5.92 Å². The molecule has 0 saturated heterocycles. The van der Waals surface area contributed by atoms with Crippen molar-refractivity contribution < 1.29 is 41.1 Å². The van der Waals surface area contributed by atoms with Gasteiger partial charge in [-0.05, 0) is 58.9 Å². The molecule has 1 saturated carbocycles. The third-order valence-electron chi connectivity index (χ3n) is 6.27. The van der Waals surface area contributed by atoms with Gasteiger partial charge < -0.3 is 20.7 Å². The Hall–Kier alpha value is -3.18. The first-order chi connectivity index (χ1) is 17.9. The number of nitrogen functional groups attached to an aromatic ring is 1. The fourth-order valence-corrected chi connectivity index (χ4v) is 4.28. The first kappa shape index (κ1) is 32.0. The molecule has 39 heavy (non-hydrogen) atoms. The van der Waals surface area contributed by atoms with E-state index in [2.05, 4.69) is 11.9 Å². The zero-order valence-electron chi connectivity index (χ0n) is 22.6. The highest BCUT2D eigenvalue weighted by Crippen LogP contribution is 2.37. The summed E-state index contributed by atoms with van der Waals surface area (Å²) in [4.78, 5) is 40.4. The van der Waals surface area contributed by atoms with Crippen LogP contribution in [-0.2, 0) is 14.3 Å². The van der Waals surface area contributed by atoms with Gasteiger partial charge in [0.15, 0.2) is 17.5 Å². The van der Waals surface area contributed by atoms with Crippen molar-refractivity contribution in [2.75, 3.05) is 18.8 Å². The summed E-state index contributed by atoms with van der Waals surface area (Å²) < 4.78 is 75.0. The van der Waals surface area contributed by atoms with Crippen LogP contribution in [0.25, 0.3) is 0 Å². The lowest BCUT2D eigenvalue weighted by molar-refractivity contribution is -0.155. The van der Waals surface area contributed by atoms with E-state index in [0.717, 1.165) is 4.90 Å². The lowest BCUT2D eigenvalue weighted by Crippen LogP contribution is -2.52. The van der Waals surface area contributed by atoms with Gasteiger partial charge in [0.2, 0.25) is 11.8 Å². The zero-order valence-corrected chi connectivity index (χ0v) is 22.6.